The van der Waals surface area contributed by atoms with E-state index in [0.29, 0.717) is 35.4 Å². The number of benzene rings is 2. The number of sulfonamides is 1. The van der Waals surface area contributed by atoms with Gasteiger partial charge in [-0.05, 0) is 67.9 Å². The molecule has 196 valence electrons. The molecule has 2 N–H and O–H groups in total. The van der Waals surface area contributed by atoms with E-state index < -0.39 is 15.6 Å². The fraction of sp³-hybridized carbons (Fsp3) is 0.333. The Morgan fingerprint density at radius 2 is 1.74 bits per heavy atom. The van der Waals surface area contributed by atoms with Crippen molar-refractivity contribution < 1.29 is 17.9 Å². The van der Waals surface area contributed by atoms with Crippen molar-refractivity contribution in [3.05, 3.63) is 93.7 Å². The smallest absolute Gasteiger partial charge is 0.343 e. The number of rotatable bonds is 6. The van der Waals surface area contributed by atoms with Gasteiger partial charge in [-0.25, -0.2) is 13.2 Å². The Kier molecular flexibility index (Phi) is 6.43. The highest BCUT2D eigenvalue weighted by molar-refractivity contribution is 7.93. The molecule has 38 heavy (non-hydrogen) atoms. The molecule has 1 fully saturated rings. The van der Waals surface area contributed by atoms with Crippen molar-refractivity contribution in [1.82, 2.24) is 4.98 Å². The first-order chi connectivity index (χ1) is 18.4. The Bertz CT molecular complexity index is 1670. The standard InChI is InChI=1S/C30H30N2O5S/c33-29-23-12-3-1-2-4-13-24(23)37-30(34)27(29)26(19-15-16-19)21-9-5-11-22(18-21)32-38(35,36)25-14-6-8-20-10-7-17-31-28(20)25/h5-11,14,17-19,26,32-33H,1-4,12-13,15-16H2/t26-/m0/s1. The van der Waals surface area contributed by atoms with Crippen molar-refractivity contribution in [2.24, 2.45) is 5.92 Å². The lowest BCUT2D eigenvalue weighted by Gasteiger charge is -2.22. The Morgan fingerprint density at radius 1 is 0.974 bits per heavy atom. The van der Waals surface area contributed by atoms with Crippen LogP contribution < -0.4 is 10.3 Å². The summed E-state index contributed by atoms with van der Waals surface area (Å²) in [6.07, 6.45) is 8.85. The number of aromatic hydroxyl groups is 1. The van der Waals surface area contributed by atoms with Crippen molar-refractivity contribution in [3.8, 4) is 5.75 Å². The third-order valence-electron chi connectivity index (χ3n) is 7.68. The fourth-order valence-electron chi connectivity index (χ4n) is 5.70. The molecule has 7 nitrogen and oxygen atoms in total. The summed E-state index contributed by atoms with van der Waals surface area (Å²) in [6.45, 7) is 0. The number of anilines is 1. The van der Waals surface area contributed by atoms with E-state index in [1.165, 1.54) is 6.07 Å². The quantitative estimate of drug-likeness (QED) is 0.321. The second-order valence-electron chi connectivity index (χ2n) is 10.3. The van der Waals surface area contributed by atoms with E-state index in [4.69, 9.17) is 4.42 Å². The van der Waals surface area contributed by atoms with E-state index >= 15 is 0 Å². The molecule has 8 heteroatoms. The number of nitrogens with zero attached hydrogens (tertiary/aromatic N) is 1. The summed E-state index contributed by atoms with van der Waals surface area (Å²) in [5, 5.41) is 12.1. The third-order valence-corrected chi connectivity index (χ3v) is 9.09. The molecule has 2 aromatic heterocycles. The van der Waals surface area contributed by atoms with Gasteiger partial charge in [0.2, 0.25) is 0 Å². The van der Waals surface area contributed by atoms with Gasteiger partial charge in [0.05, 0.1) is 11.1 Å². The van der Waals surface area contributed by atoms with Crippen LogP contribution >= 0.6 is 0 Å². The number of aromatic nitrogens is 1. The summed E-state index contributed by atoms with van der Waals surface area (Å²) in [6, 6.07) is 15.7. The Hall–Kier alpha value is -3.65. The number of nitrogens with one attached hydrogen (secondary N) is 1. The van der Waals surface area contributed by atoms with E-state index in [-0.39, 0.29) is 22.5 Å². The zero-order valence-electron chi connectivity index (χ0n) is 21.0. The maximum Gasteiger partial charge on any atom is 0.343 e. The van der Waals surface area contributed by atoms with Crippen LogP contribution in [0, 0.1) is 5.92 Å². The fourth-order valence-corrected chi connectivity index (χ4v) is 6.93. The summed E-state index contributed by atoms with van der Waals surface area (Å²) in [4.78, 5) is 17.6. The number of aryl methyl sites for hydroxylation is 1. The van der Waals surface area contributed by atoms with Crippen molar-refractivity contribution in [1.29, 1.82) is 0 Å². The molecule has 0 spiro atoms. The highest BCUT2D eigenvalue weighted by atomic mass is 32.2. The summed E-state index contributed by atoms with van der Waals surface area (Å²) >= 11 is 0. The largest absolute Gasteiger partial charge is 0.507 e. The predicted molar refractivity (Wildman–Crippen MR) is 146 cm³/mol. The van der Waals surface area contributed by atoms with Gasteiger partial charge in [0.1, 0.15) is 16.4 Å². The molecule has 0 aliphatic heterocycles. The van der Waals surface area contributed by atoms with Crippen LogP contribution in [0.4, 0.5) is 5.69 Å². The summed E-state index contributed by atoms with van der Waals surface area (Å²) < 4.78 is 35.3. The number of para-hydroxylation sites is 1. The molecule has 1 saturated carbocycles. The van der Waals surface area contributed by atoms with E-state index in [0.717, 1.165) is 55.0 Å². The van der Waals surface area contributed by atoms with E-state index in [9.17, 15) is 18.3 Å². The highest BCUT2D eigenvalue weighted by Crippen LogP contribution is 2.49. The first-order valence-electron chi connectivity index (χ1n) is 13.3. The average molecular weight is 531 g/mol. The Balaban J connectivity index is 1.38. The van der Waals surface area contributed by atoms with Crippen LogP contribution in [0.2, 0.25) is 0 Å². The molecule has 0 radical (unpaired) electrons. The molecule has 1 atom stereocenters. The van der Waals surface area contributed by atoms with Gasteiger partial charge in [0, 0.05) is 35.2 Å². The van der Waals surface area contributed by atoms with Crippen molar-refractivity contribution in [3.63, 3.8) is 0 Å². The zero-order chi connectivity index (χ0) is 26.3. The highest BCUT2D eigenvalue weighted by Gasteiger charge is 2.38. The van der Waals surface area contributed by atoms with Gasteiger partial charge in [-0.15, -0.1) is 0 Å². The molecule has 0 bridgehead atoms. The van der Waals surface area contributed by atoms with Crippen LogP contribution in [0.15, 0.2) is 74.9 Å². The normalized spacial score (nSPS) is 16.8. The third kappa shape index (κ3) is 4.69. The number of fused-ring (bicyclic) bond motifs is 2. The van der Waals surface area contributed by atoms with Crippen LogP contribution in [-0.2, 0) is 22.9 Å². The SMILES string of the molecule is O=c1oc2c(c(O)c1[C@H](c1cccc(NS(=O)(=O)c3cccc4cccnc34)c1)C1CC1)CCCCCC2. The maximum atomic E-state index is 13.4. The van der Waals surface area contributed by atoms with E-state index in [1.54, 1.807) is 36.5 Å². The number of hydrogen-bond donors (Lipinski definition) is 2. The lowest BCUT2D eigenvalue weighted by Crippen LogP contribution is -2.19. The van der Waals surface area contributed by atoms with Gasteiger partial charge in [0.25, 0.3) is 10.0 Å². The van der Waals surface area contributed by atoms with Gasteiger partial charge < -0.3 is 9.52 Å². The maximum absolute atomic E-state index is 13.4. The van der Waals surface area contributed by atoms with Gasteiger partial charge in [-0.3, -0.25) is 9.71 Å². The number of pyridine rings is 1. The Morgan fingerprint density at radius 3 is 2.55 bits per heavy atom. The lowest BCUT2D eigenvalue weighted by atomic mass is 9.85. The van der Waals surface area contributed by atoms with Gasteiger partial charge in [-0.1, -0.05) is 43.2 Å². The molecule has 0 saturated heterocycles. The monoisotopic (exact) mass is 530 g/mol. The summed E-state index contributed by atoms with van der Waals surface area (Å²) in [7, 11) is -3.93. The molecule has 2 aliphatic carbocycles. The summed E-state index contributed by atoms with van der Waals surface area (Å²) in [5.41, 5.74) is 2.12. The topological polar surface area (TPSA) is 109 Å². The number of hydrogen-bond acceptors (Lipinski definition) is 6. The van der Waals surface area contributed by atoms with Gasteiger partial charge in [-0.2, -0.15) is 0 Å². The molecule has 2 aromatic carbocycles. The lowest BCUT2D eigenvalue weighted by molar-refractivity contribution is 0.382. The van der Waals surface area contributed by atoms with Crippen LogP contribution in [0.3, 0.4) is 0 Å². The van der Waals surface area contributed by atoms with E-state index in [2.05, 4.69) is 9.71 Å². The Labute approximate surface area is 221 Å². The second-order valence-corrected chi connectivity index (χ2v) is 12.0. The molecular weight excluding hydrogens is 500 g/mol. The van der Waals surface area contributed by atoms with Crippen LogP contribution in [0.1, 0.15) is 66.9 Å². The van der Waals surface area contributed by atoms with Crippen molar-refractivity contribution in [2.75, 3.05) is 4.72 Å². The average Bonchev–Trinajstić information content (AvgIpc) is 3.72. The second kappa shape index (κ2) is 9.91. The first kappa shape index (κ1) is 24.7. The molecule has 6 rings (SSSR count). The minimum absolute atomic E-state index is 0.0582. The van der Waals surface area contributed by atoms with Gasteiger partial charge in [0.15, 0.2) is 0 Å². The minimum Gasteiger partial charge on any atom is -0.507 e. The predicted octanol–water partition coefficient (Wildman–Crippen LogP) is 5.90. The minimum atomic E-state index is -3.93. The van der Waals surface area contributed by atoms with Crippen LogP contribution in [-0.4, -0.2) is 18.5 Å². The van der Waals surface area contributed by atoms with E-state index in [1.807, 2.05) is 18.2 Å². The summed E-state index contributed by atoms with van der Waals surface area (Å²) in [5.74, 6) is 0.480. The van der Waals surface area contributed by atoms with Crippen molar-refractivity contribution >= 4 is 26.6 Å². The zero-order valence-corrected chi connectivity index (χ0v) is 21.8. The van der Waals surface area contributed by atoms with Crippen molar-refractivity contribution in [2.45, 2.75) is 62.2 Å². The molecule has 4 aromatic rings. The van der Waals surface area contributed by atoms with Gasteiger partial charge >= 0.3 is 5.63 Å². The molecule has 0 amide bonds. The molecule has 2 aliphatic rings. The molecule has 2 heterocycles. The molecule has 0 unspecified atom stereocenters. The first-order valence-corrected chi connectivity index (χ1v) is 14.7. The van der Waals surface area contributed by atoms with Crippen LogP contribution in [0.25, 0.3) is 10.9 Å². The van der Waals surface area contributed by atoms with Crippen LogP contribution in [0.5, 0.6) is 5.75 Å². The molecular formula is C30H30N2O5S.